The summed E-state index contributed by atoms with van der Waals surface area (Å²) in [5, 5.41) is 12.5. The number of carbonyl (C=O) groups is 1. The lowest BCUT2D eigenvalue weighted by Crippen LogP contribution is -1.92. The predicted octanol–water partition coefficient (Wildman–Crippen LogP) is 3.12. The number of aromatic carboxylic acids is 1. The van der Waals surface area contributed by atoms with E-state index in [0.717, 1.165) is 10.0 Å². The number of hydrogen-bond donors (Lipinski definition) is 1. The Bertz CT molecular complexity index is 606. The van der Waals surface area contributed by atoms with Crippen LogP contribution in [0.5, 0.6) is 5.75 Å². The average molecular weight is 312 g/mol. The number of rotatable bonds is 3. The van der Waals surface area contributed by atoms with Gasteiger partial charge in [-0.25, -0.2) is 4.79 Å². The zero-order valence-electron chi connectivity index (χ0n) is 9.73. The Kier molecular flexibility index (Phi) is 3.38. The van der Waals surface area contributed by atoms with E-state index in [1.807, 2.05) is 19.1 Å². The Morgan fingerprint density at radius 3 is 2.78 bits per heavy atom. The number of carboxylic acid groups (broad SMARTS) is 1. The first-order chi connectivity index (χ1) is 8.54. The van der Waals surface area contributed by atoms with Crippen LogP contribution in [0.25, 0.3) is 11.3 Å². The largest absolute Gasteiger partial charge is 0.495 e. The van der Waals surface area contributed by atoms with Gasteiger partial charge in [-0.1, -0.05) is 11.2 Å². The number of nitrogens with zero attached hydrogens (tertiary/aromatic N) is 1. The molecule has 2 rings (SSSR count). The second kappa shape index (κ2) is 4.81. The molecule has 0 aliphatic heterocycles. The molecule has 0 amide bonds. The normalized spacial score (nSPS) is 10.4. The van der Waals surface area contributed by atoms with Crippen molar-refractivity contribution in [3.63, 3.8) is 0 Å². The molecule has 1 aromatic carbocycles. The van der Waals surface area contributed by atoms with Crippen molar-refractivity contribution < 1.29 is 19.2 Å². The summed E-state index contributed by atoms with van der Waals surface area (Å²) >= 11 is 3.42. The van der Waals surface area contributed by atoms with E-state index in [2.05, 4.69) is 21.1 Å². The van der Waals surface area contributed by atoms with E-state index in [1.54, 1.807) is 7.11 Å². The number of halogens is 1. The minimum absolute atomic E-state index is 0.205. The van der Waals surface area contributed by atoms with Crippen LogP contribution in [0.1, 0.15) is 16.1 Å². The maximum Gasteiger partial charge on any atom is 0.374 e. The summed E-state index contributed by atoms with van der Waals surface area (Å²) in [6.45, 7) is 1.93. The van der Waals surface area contributed by atoms with Gasteiger partial charge >= 0.3 is 5.97 Å². The maximum absolute atomic E-state index is 10.7. The van der Waals surface area contributed by atoms with Crippen molar-refractivity contribution in [2.24, 2.45) is 0 Å². The Labute approximate surface area is 111 Å². The number of aromatic nitrogens is 1. The summed E-state index contributed by atoms with van der Waals surface area (Å²) < 4.78 is 10.8. The van der Waals surface area contributed by atoms with Gasteiger partial charge in [-0.3, -0.25) is 0 Å². The predicted molar refractivity (Wildman–Crippen MR) is 67.9 cm³/mol. The lowest BCUT2D eigenvalue weighted by Gasteiger charge is -2.10. The molecule has 0 bridgehead atoms. The minimum atomic E-state index is -1.15. The number of carboxylic acids is 1. The third-order valence-corrected chi connectivity index (χ3v) is 3.48. The van der Waals surface area contributed by atoms with Crippen LogP contribution in [-0.4, -0.2) is 23.3 Å². The van der Waals surface area contributed by atoms with Gasteiger partial charge in [-0.05, 0) is 34.5 Å². The van der Waals surface area contributed by atoms with Crippen LogP contribution in [0.2, 0.25) is 0 Å². The van der Waals surface area contributed by atoms with Gasteiger partial charge in [0.15, 0.2) is 0 Å². The van der Waals surface area contributed by atoms with Gasteiger partial charge in [0.05, 0.1) is 11.6 Å². The first kappa shape index (κ1) is 12.6. The van der Waals surface area contributed by atoms with Gasteiger partial charge < -0.3 is 14.4 Å². The summed E-state index contributed by atoms with van der Waals surface area (Å²) in [5.41, 5.74) is 2.11. The lowest BCUT2D eigenvalue weighted by atomic mass is 10.1. The second-order valence-corrected chi connectivity index (χ2v) is 4.45. The molecule has 18 heavy (non-hydrogen) atoms. The Morgan fingerprint density at radius 2 is 2.22 bits per heavy atom. The van der Waals surface area contributed by atoms with Crippen LogP contribution < -0.4 is 4.74 Å². The van der Waals surface area contributed by atoms with E-state index in [1.165, 1.54) is 6.07 Å². The number of methoxy groups -OCH3 is 1. The molecule has 0 aliphatic rings. The monoisotopic (exact) mass is 311 g/mol. The summed E-state index contributed by atoms with van der Waals surface area (Å²) in [6.07, 6.45) is 0. The van der Waals surface area contributed by atoms with Crippen molar-refractivity contribution in [2.75, 3.05) is 7.11 Å². The first-order valence-corrected chi connectivity index (χ1v) is 5.87. The number of hydrogen-bond acceptors (Lipinski definition) is 4. The van der Waals surface area contributed by atoms with Crippen LogP contribution in [0.15, 0.2) is 27.2 Å². The molecule has 2 aromatic rings. The molecule has 0 spiro atoms. The quantitative estimate of drug-likeness (QED) is 0.942. The van der Waals surface area contributed by atoms with E-state index in [-0.39, 0.29) is 5.76 Å². The Hall–Kier alpha value is -1.82. The standard InChI is InChI=1S/C12H10BrNO4/c1-6-3-4-7(11(17-2)10(6)13)8-5-9(12(15)16)18-14-8/h3-5H,1-2H3,(H,15,16). The molecule has 1 N–H and O–H groups in total. The fraction of sp³-hybridized carbons (Fsp3) is 0.167. The molecule has 6 heteroatoms. The highest BCUT2D eigenvalue weighted by atomic mass is 79.9. The van der Waals surface area contributed by atoms with Crippen LogP contribution in [-0.2, 0) is 0 Å². The first-order valence-electron chi connectivity index (χ1n) is 5.08. The molecule has 0 radical (unpaired) electrons. The van der Waals surface area contributed by atoms with Gasteiger partial charge in [0.1, 0.15) is 11.4 Å². The van der Waals surface area contributed by atoms with Crippen LogP contribution in [0.4, 0.5) is 0 Å². The fourth-order valence-electron chi connectivity index (χ4n) is 1.56. The highest BCUT2D eigenvalue weighted by Gasteiger charge is 2.17. The Balaban J connectivity index is 2.56. The summed E-state index contributed by atoms with van der Waals surface area (Å²) in [5.74, 6) is -0.761. The SMILES string of the molecule is COc1c(-c2cc(C(=O)O)on2)ccc(C)c1Br. The smallest absolute Gasteiger partial charge is 0.374 e. The second-order valence-electron chi connectivity index (χ2n) is 3.66. The molecular weight excluding hydrogens is 302 g/mol. The highest BCUT2D eigenvalue weighted by molar-refractivity contribution is 9.10. The third-order valence-electron chi connectivity index (χ3n) is 2.49. The van der Waals surface area contributed by atoms with Crippen molar-refractivity contribution in [3.05, 3.63) is 34.0 Å². The van der Waals surface area contributed by atoms with E-state index in [0.29, 0.717) is 17.0 Å². The van der Waals surface area contributed by atoms with Gasteiger partial charge in [0, 0.05) is 11.6 Å². The molecular formula is C12H10BrNO4. The van der Waals surface area contributed by atoms with Crippen LogP contribution in [0, 0.1) is 6.92 Å². The molecule has 0 saturated carbocycles. The summed E-state index contributed by atoms with van der Waals surface area (Å²) in [6, 6.07) is 5.06. The third kappa shape index (κ3) is 2.11. The molecule has 0 atom stereocenters. The van der Waals surface area contributed by atoms with Crippen molar-refractivity contribution >= 4 is 21.9 Å². The van der Waals surface area contributed by atoms with Gasteiger partial charge in [-0.15, -0.1) is 0 Å². The number of benzene rings is 1. The fourth-order valence-corrected chi connectivity index (χ4v) is 2.07. The van der Waals surface area contributed by atoms with E-state index in [4.69, 9.17) is 14.4 Å². The molecule has 0 unspecified atom stereocenters. The minimum Gasteiger partial charge on any atom is -0.495 e. The van der Waals surface area contributed by atoms with Crippen LogP contribution in [0.3, 0.4) is 0 Å². The van der Waals surface area contributed by atoms with Gasteiger partial charge in [-0.2, -0.15) is 0 Å². The molecule has 0 saturated heterocycles. The maximum atomic E-state index is 10.7. The number of aryl methyl sites for hydroxylation is 1. The lowest BCUT2D eigenvalue weighted by molar-refractivity contribution is 0.0652. The van der Waals surface area contributed by atoms with Crippen LogP contribution >= 0.6 is 15.9 Å². The molecule has 1 aromatic heterocycles. The van der Waals surface area contributed by atoms with Crippen molar-refractivity contribution in [2.45, 2.75) is 6.92 Å². The highest BCUT2D eigenvalue weighted by Crippen LogP contribution is 2.37. The molecule has 1 heterocycles. The van der Waals surface area contributed by atoms with Gasteiger partial charge in [0.2, 0.25) is 5.76 Å². The molecule has 0 fully saturated rings. The summed E-state index contributed by atoms with van der Waals surface area (Å²) in [7, 11) is 1.54. The zero-order valence-corrected chi connectivity index (χ0v) is 11.3. The topological polar surface area (TPSA) is 72.6 Å². The van der Waals surface area contributed by atoms with Gasteiger partial charge in [0.25, 0.3) is 0 Å². The van der Waals surface area contributed by atoms with Crippen molar-refractivity contribution in [3.8, 4) is 17.0 Å². The molecule has 5 nitrogen and oxygen atoms in total. The number of ether oxygens (including phenoxy) is 1. The molecule has 94 valence electrons. The Morgan fingerprint density at radius 1 is 1.50 bits per heavy atom. The molecule has 0 aliphatic carbocycles. The van der Waals surface area contributed by atoms with E-state index in [9.17, 15) is 4.79 Å². The van der Waals surface area contributed by atoms with Crippen molar-refractivity contribution in [1.82, 2.24) is 5.16 Å². The summed E-state index contributed by atoms with van der Waals surface area (Å²) in [4.78, 5) is 10.7. The average Bonchev–Trinajstić information content (AvgIpc) is 2.82. The van der Waals surface area contributed by atoms with Crippen molar-refractivity contribution in [1.29, 1.82) is 0 Å². The zero-order chi connectivity index (χ0) is 13.3. The van der Waals surface area contributed by atoms with E-state index < -0.39 is 5.97 Å². The van der Waals surface area contributed by atoms with E-state index >= 15 is 0 Å².